The highest BCUT2D eigenvalue weighted by Crippen LogP contribution is 2.34. The van der Waals surface area contributed by atoms with Crippen molar-refractivity contribution >= 4 is 5.97 Å². The van der Waals surface area contributed by atoms with Crippen LogP contribution < -0.4 is 0 Å². The molecule has 0 N–H and O–H groups in total. The molecule has 0 fully saturated rings. The van der Waals surface area contributed by atoms with Gasteiger partial charge in [-0.3, -0.25) is 0 Å². The molecule has 0 aliphatic heterocycles. The summed E-state index contributed by atoms with van der Waals surface area (Å²) in [5.41, 5.74) is 5.46. The number of esters is 1. The molecule has 0 atom stereocenters. The van der Waals surface area contributed by atoms with E-state index in [0.717, 1.165) is 27.8 Å². The van der Waals surface area contributed by atoms with E-state index in [1.54, 1.807) is 0 Å². The zero-order valence-electron chi connectivity index (χ0n) is 13.3. The quantitative estimate of drug-likeness (QED) is 0.475. The van der Waals surface area contributed by atoms with Crippen LogP contribution in [0.4, 0.5) is 0 Å². The van der Waals surface area contributed by atoms with Crippen molar-refractivity contribution < 1.29 is 9.53 Å². The Morgan fingerprint density at radius 1 is 0.792 bits per heavy atom. The normalized spacial score (nSPS) is 10.2. The third-order valence-corrected chi connectivity index (χ3v) is 3.86. The van der Waals surface area contributed by atoms with Crippen LogP contribution in [0.15, 0.2) is 91.5 Å². The van der Waals surface area contributed by atoms with Gasteiger partial charge in [-0.15, -0.1) is 0 Å². The van der Waals surface area contributed by atoms with Crippen molar-refractivity contribution in [2.75, 3.05) is 0 Å². The van der Waals surface area contributed by atoms with Crippen LogP contribution in [0.2, 0.25) is 0 Å². The number of hydrogen-bond donors (Lipinski definition) is 0. The SMILES string of the molecule is C=CC(=O)OCc1ccccc1-c1ccccc1-c1ccccc1. The van der Waals surface area contributed by atoms with Gasteiger partial charge in [-0.05, 0) is 27.8 Å². The molecule has 0 aliphatic rings. The van der Waals surface area contributed by atoms with Gasteiger partial charge < -0.3 is 4.74 Å². The highest BCUT2D eigenvalue weighted by molar-refractivity contribution is 5.85. The van der Waals surface area contributed by atoms with Crippen LogP contribution in [0.25, 0.3) is 22.3 Å². The van der Waals surface area contributed by atoms with Crippen LogP contribution in [0.3, 0.4) is 0 Å². The van der Waals surface area contributed by atoms with E-state index in [9.17, 15) is 4.79 Å². The predicted molar refractivity (Wildman–Crippen MR) is 97.3 cm³/mol. The van der Waals surface area contributed by atoms with Crippen molar-refractivity contribution in [2.24, 2.45) is 0 Å². The maximum Gasteiger partial charge on any atom is 0.330 e. The second-order valence-electron chi connectivity index (χ2n) is 5.38. The Balaban J connectivity index is 2.04. The summed E-state index contributed by atoms with van der Waals surface area (Å²) < 4.78 is 5.23. The van der Waals surface area contributed by atoms with E-state index in [1.807, 2.05) is 48.5 Å². The maximum atomic E-state index is 11.4. The zero-order chi connectivity index (χ0) is 16.8. The minimum absolute atomic E-state index is 0.226. The van der Waals surface area contributed by atoms with Crippen molar-refractivity contribution in [3.8, 4) is 22.3 Å². The first-order valence-electron chi connectivity index (χ1n) is 7.81. The van der Waals surface area contributed by atoms with Crippen LogP contribution in [-0.2, 0) is 16.1 Å². The fraction of sp³-hybridized carbons (Fsp3) is 0.0455. The monoisotopic (exact) mass is 314 g/mol. The molecule has 0 bridgehead atoms. The van der Waals surface area contributed by atoms with Crippen LogP contribution >= 0.6 is 0 Å². The molecule has 24 heavy (non-hydrogen) atoms. The molecule has 0 spiro atoms. The van der Waals surface area contributed by atoms with Gasteiger partial charge >= 0.3 is 5.97 Å². The second-order valence-corrected chi connectivity index (χ2v) is 5.38. The van der Waals surface area contributed by atoms with Crippen LogP contribution in [0.1, 0.15) is 5.56 Å². The average molecular weight is 314 g/mol. The molecule has 2 heteroatoms. The van der Waals surface area contributed by atoms with Crippen LogP contribution in [-0.4, -0.2) is 5.97 Å². The number of hydrogen-bond acceptors (Lipinski definition) is 2. The molecular formula is C22H18O2. The van der Waals surface area contributed by atoms with E-state index in [-0.39, 0.29) is 6.61 Å². The molecule has 3 aromatic carbocycles. The van der Waals surface area contributed by atoms with Gasteiger partial charge in [-0.1, -0.05) is 85.4 Å². The predicted octanol–water partition coefficient (Wildman–Crippen LogP) is 5.25. The first-order chi connectivity index (χ1) is 11.8. The zero-order valence-corrected chi connectivity index (χ0v) is 13.3. The van der Waals surface area contributed by atoms with Gasteiger partial charge in [0.2, 0.25) is 0 Å². The largest absolute Gasteiger partial charge is 0.458 e. The Labute approximate surface area is 142 Å². The van der Waals surface area contributed by atoms with E-state index in [4.69, 9.17) is 4.74 Å². The van der Waals surface area contributed by atoms with E-state index < -0.39 is 5.97 Å². The molecule has 0 unspecified atom stereocenters. The lowest BCUT2D eigenvalue weighted by atomic mass is 9.92. The number of ether oxygens (including phenoxy) is 1. The minimum Gasteiger partial charge on any atom is -0.458 e. The van der Waals surface area contributed by atoms with Gasteiger partial charge in [0.1, 0.15) is 6.61 Å². The molecule has 0 heterocycles. The van der Waals surface area contributed by atoms with Crippen molar-refractivity contribution in [2.45, 2.75) is 6.61 Å². The number of carbonyl (C=O) groups excluding carboxylic acids is 1. The topological polar surface area (TPSA) is 26.3 Å². The van der Waals surface area contributed by atoms with Gasteiger partial charge in [-0.2, -0.15) is 0 Å². The Kier molecular flexibility index (Phi) is 4.87. The van der Waals surface area contributed by atoms with Gasteiger partial charge in [0.05, 0.1) is 0 Å². The summed E-state index contributed by atoms with van der Waals surface area (Å²) in [6.07, 6.45) is 1.18. The van der Waals surface area contributed by atoms with E-state index in [1.165, 1.54) is 6.08 Å². The van der Waals surface area contributed by atoms with Gasteiger partial charge in [0.25, 0.3) is 0 Å². The molecule has 118 valence electrons. The first kappa shape index (κ1) is 15.8. The second kappa shape index (κ2) is 7.42. The highest BCUT2D eigenvalue weighted by atomic mass is 16.5. The molecule has 0 saturated carbocycles. The van der Waals surface area contributed by atoms with Gasteiger partial charge in [0.15, 0.2) is 0 Å². The molecule has 0 saturated heterocycles. The lowest BCUT2D eigenvalue weighted by molar-refractivity contribution is -0.138. The first-order valence-corrected chi connectivity index (χ1v) is 7.81. The summed E-state index contributed by atoms with van der Waals surface area (Å²) in [5.74, 6) is -0.416. The Hall–Kier alpha value is -3.13. The van der Waals surface area contributed by atoms with Crippen LogP contribution in [0, 0.1) is 0 Å². The summed E-state index contributed by atoms with van der Waals surface area (Å²) in [4.78, 5) is 11.4. The summed E-state index contributed by atoms with van der Waals surface area (Å²) in [6, 6.07) is 26.5. The lowest BCUT2D eigenvalue weighted by Gasteiger charge is -2.14. The molecule has 0 aliphatic carbocycles. The van der Waals surface area contributed by atoms with Crippen molar-refractivity contribution in [1.29, 1.82) is 0 Å². The Bertz CT molecular complexity index is 851. The highest BCUT2D eigenvalue weighted by Gasteiger charge is 2.11. The molecule has 0 aromatic heterocycles. The average Bonchev–Trinajstić information content (AvgIpc) is 2.67. The number of rotatable bonds is 5. The maximum absolute atomic E-state index is 11.4. The molecule has 0 radical (unpaired) electrons. The minimum atomic E-state index is -0.416. The summed E-state index contributed by atoms with van der Waals surface area (Å²) >= 11 is 0. The fourth-order valence-corrected chi connectivity index (χ4v) is 2.70. The molecule has 0 amide bonds. The van der Waals surface area contributed by atoms with Crippen molar-refractivity contribution in [3.05, 3.63) is 97.1 Å². The fourth-order valence-electron chi connectivity index (χ4n) is 2.70. The third kappa shape index (κ3) is 3.44. The number of carbonyl (C=O) groups is 1. The van der Waals surface area contributed by atoms with E-state index >= 15 is 0 Å². The Morgan fingerprint density at radius 3 is 2.08 bits per heavy atom. The molecular weight excluding hydrogens is 296 g/mol. The number of benzene rings is 3. The third-order valence-electron chi connectivity index (χ3n) is 3.86. The van der Waals surface area contributed by atoms with Crippen molar-refractivity contribution in [1.82, 2.24) is 0 Å². The van der Waals surface area contributed by atoms with Crippen LogP contribution in [0.5, 0.6) is 0 Å². The van der Waals surface area contributed by atoms with Crippen molar-refractivity contribution in [3.63, 3.8) is 0 Å². The van der Waals surface area contributed by atoms with Gasteiger partial charge in [0, 0.05) is 6.08 Å². The van der Waals surface area contributed by atoms with E-state index in [0.29, 0.717) is 0 Å². The summed E-state index contributed by atoms with van der Waals surface area (Å²) in [7, 11) is 0. The lowest BCUT2D eigenvalue weighted by Crippen LogP contribution is -2.01. The Morgan fingerprint density at radius 2 is 1.38 bits per heavy atom. The summed E-state index contributed by atoms with van der Waals surface area (Å²) in [6.45, 7) is 3.66. The molecule has 2 nitrogen and oxygen atoms in total. The summed E-state index contributed by atoms with van der Waals surface area (Å²) in [5, 5.41) is 0. The van der Waals surface area contributed by atoms with Gasteiger partial charge in [-0.25, -0.2) is 4.79 Å². The molecule has 3 aromatic rings. The van der Waals surface area contributed by atoms with E-state index in [2.05, 4.69) is 36.9 Å². The standard InChI is InChI=1S/C22H18O2/c1-2-22(23)24-16-18-12-6-7-14-20(18)21-15-9-8-13-19(21)17-10-4-3-5-11-17/h2-15H,1,16H2. The smallest absolute Gasteiger partial charge is 0.330 e. The molecule has 3 rings (SSSR count).